The van der Waals surface area contributed by atoms with Crippen LogP contribution < -0.4 is 21.1 Å². The number of aromatic nitrogens is 2. The lowest BCUT2D eigenvalue weighted by atomic mass is 10.0. The smallest absolute Gasteiger partial charge is 0.419 e. The Morgan fingerprint density at radius 1 is 1.06 bits per heavy atom. The maximum absolute atomic E-state index is 13.3. The molecule has 4 N–H and O–H groups in total. The molecule has 0 aliphatic carbocycles. The zero-order valence-electron chi connectivity index (χ0n) is 18.8. The van der Waals surface area contributed by atoms with Gasteiger partial charge in [0.1, 0.15) is 17.2 Å². The molecular formula is C24H25F3N6O2. The SMILES string of the molecule is NC(=O)c1c2c(nn1-c1ccc(Oc3ccccc3C(F)(F)F)cc1)C(N1CCNCC1)CCN2. The zero-order chi connectivity index (χ0) is 24.6. The summed E-state index contributed by atoms with van der Waals surface area (Å²) in [7, 11) is 0. The molecule has 8 nitrogen and oxygen atoms in total. The van der Waals surface area contributed by atoms with Crippen LogP contribution in [-0.4, -0.2) is 53.3 Å². The number of rotatable bonds is 5. The first kappa shape index (κ1) is 23.2. The molecule has 1 amide bonds. The first-order valence-electron chi connectivity index (χ1n) is 11.4. The predicted molar refractivity (Wildman–Crippen MR) is 124 cm³/mol. The Morgan fingerprint density at radius 3 is 2.46 bits per heavy atom. The number of para-hydroxylation sites is 1. The average molecular weight is 486 g/mol. The quantitative estimate of drug-likeness (QED) is 0.511. The van der Waals surface area contributed by atoms with Crippen LogP contribution in [0.3, 0.4) is 0 Å². The van der Waals surface area contributed by atoms with Crippen molar-refractivity contribution in [1.29, 1.82) is 0 Å². The molecule has 3 heterocycles. The topological polar surface area (TPSA) is 97.4 Å². The van der Waals surface area contributed by atoms with Gasteiger partial charge in [-0.15, -0.1) is 0 Å². The van der Waals surface area contributed by atoms with Gasteiger partial charge in [0.15, 0.2) is 5.69 Å². The van der Waals surface area contributed by atoms with Crippen LogP contribution in [0.5, 0.6) is 11.5 Å². The fourth-order valence-corrected chi connectivity index (χ4v) is 4.65. The number of ether oxygens (including phenoxy) is 1. The van der Waals surface area contributed by atoms with Gasteiger partial charge in [0.05, 0.1) is 23.0 Å². The fourth-order valence-electron chi connectivity index (χ4n) is 4.65. The molecule has 2 aromatic carbocycles. The van der Waals surface area contributed by atoms with Crippen molar-refractivity contribution in [1.82, 2.24) is 20.0 Å². The second-order valence-corrected chi connectivity index (χ2v) is 8.49. The molecule has 184 valence electrons. The summed E-state index contributed by atoms with van der Waals surface area (Å²) < 4.78 is 46.9. The number of piperazine rings is 1. The number of halogens is 3. The third-order valence-electron chi connectivity index (χ3n) is 6.27. The second-order valence-electron chi connectivity index (χ2n) is 8.49. The molecule has 0 bridgehead atoms. The molecule has 1 atom stereocenters. The lowest BCUT2D eigenvalue weighted by Crippen LogP contribution is -2.46. The highest BCUT2D eigenvalue weighted by molar-refractivity contribution is 5.98. The minimum atomic E-state index is -4.53. The van der Waals surface area contributed by atoms with Gasteiger partial charge >= 0.3 is 6.18 Å². The number of carbonyl (C=O) groups is 1. The summed E-state index contributed by atoms with van der Waals surface area (Å²) in [6.45, 7) is 4.24. The number of alkyl halides is 3. The maximum Gasteiger partial charge on any atom is 0.419 e. The molecule has 2 aliphatic heterocycles. The molecule has 3 aromatic rings. The van der Waals surface area contributed by atoms with Crippen LogP contribution in [0.25, 0.3) is 5.69 Å². The standard InChI is InChI=1S/C24H25F3N6O2/c25-24(26,27)17-3-1-2-4-19(17)35-16-7-5-15(6-8-16)33-22(23(28)34)21-20(31-33)18(9-10-30-21)32-13-11-29-12-14-32/h1-8,18,29-30H,9-14H2,(H2,28,34). The zero-order valence-corrected chi connectivity index (χ0v) is 18.8. The summed E-state index contributed by atoms with van der Waals surface area (Å²) in [6.07, 6.45) is -3.68. The minimum absolute atomic E-state index is 0.0641. The Balaban J connectivity index is 1.46. The van der Waals surface area contributed by atoms with Gasteiger partial charge in [-0.1, -0.05) is 12.1 Å². The highest BCUT2D eigenvalue weighted by Crippen LogP contribution is 2.39. The second kappa shape index (κ2) is 9.23. The number of primary amides is 1. The number of hydrogen-bond donors (Lipinski definition) is 3. The Kier molecular flexibility index (Phi) is 6.12. The van der Waals surface area contributed by atoms with Crippen molar-refractivity contribution in [3.05, 3.63) is 65.5 Å². The van der Waals surface area contributed by atoms with Crippen molar-refractivity contribution in [3.8, 4) is 17.2 Å². The molecule has 0 spiro atoms. The monoisotopic (exact) mass is 486 g/mol. The van der Waals surface area contributed by atoms with Gasteiger partial charge in [-0.25, -0.2) is 4.68 Å². The minimum Gasteiger partial charge on any atom is -0.457 e. The molecule has 35 heavy (non-hydrogen) atoms. The molecule has 1 aromatic heterocycles. The lowest BCUT2D eigenvalue weighted by Gasteiger charge is -2.36. The summed E-state index contributed by atoms with van der Waals surface area (Å²) in [5.74, 6) is -0.686. The van der Waals surface area contributed by atoms with Crippen LogP contribution in [-0.2, 0) is 6.18 Å². The Hall–Kier alpha value is -3.57. The number of hydrogen-bond acceptors (Lipinski definition) is 6. The molecule has 2 aliphatic rings. The van der Waals surface area contributed by atoms with Crippen molar-refractivity contribution < 1.29 is 22.7 Å². The Bertz CT molecular complexity index is 1220. The number of amides is 1. The van der Waals surface area contributed by atoms with Crippen molar-refractivity contribution in [3.63, 3.8) is 0 Å². The van der Waals surface area contributed by atoms with Crippen molar-refractivity contribution in [2.75, 3.05) is 38.0 Å². The molecule has 1 saturated heterocycles. The Morgan fingerprint density at radius 2 is 1.77 bits per heavy atom. The summed E-state index contributed by atoms with van der Waals surface area (Å²) >= 11 is 0. The van der Waals surface area contributed by atoms with E-state index in [1.807, 2.05) is 0 Å². The van der Waals surface area contributed by atoms with Gasteiger partial charge in [-0.05, 0) is 42.8 Å². The molecule has 1 unspecified atom stereocenters. The molecule has 11 heteroatoms. The van der Waals surface area contributed by atoms with E-state index in [0.717, 1.165) is 44.4 Å². The normalized spacial score (nSPS) is 18.5. The highest BCUT2D eigenvalue weighted by atomic mass is 19.4. The van der Waals surface area contributed by atoms with Crippen LogP contribution in [0, 0.1) is 0 Å². The number of nitrogens with one attached hydrogen (secondary N) is 2. The molecule has 0 radical (unpaired) electrons. The van der Waals surface area contributed by atoms with Crippen LogP contribution in [0.15, 0.2) is 48.5 Å². The summed E-state index contributed by atoms with van der Waals surface area (Å²) in [5.41, 5.74) is 7.08. The van der Waals surface area contributed by atoms with E-state index in [9.17, 15) is 18.0 Å². The van der Waals surface area contributed by atoms with Crippen molar-refractivity contribution in [2.24, 2.45) is 5.73 Å². The van der Waals surface area contributed by atoms with Gasteiger partial charge in [0, 0.05) is 32.7 Å². The van der Waals surface area contributed by atoms with E-state index < -0.39 is 17.6 Å². The number of anilines is 1. The molecule has 0 saturated carbocycles. The fraction of sp³-hybridized carbons (Fsp3) is 0.333. The summed E-state index contributed by atoms with van der Waals surface area (Å²) in [6, 6.07) is 11.4. The van der Waals surface area contributed by atoms with Gasteiger partial charge in [-0.3, -0.25) is 9.69 Å². The van der Waals surface area contributed by atoms with E-state index in [4.69, 9.17) is 15.6 Å². The van der Waals surface area contributed by atoms with E-state index in [0.29, 0.717) is 17.9 Å². The van der Waals surface area contributed by atoms with E-state index in [2.05, 4.69) is 15.5 Å². The first-order valence-corrected chi connectivity index (χ1v) is 11.4. The Labute approximate surface area is 199 Å². The number of nitrogens with zero attached hydrogens (tertiary/aromatic N) is 3. The highest BCUT2D eigenvalue weighted by Gasteiger charge is 2.35. The predicted octanol–water partition coefficient (Wildman–Crippen LogP) is 3.54. The summed E-state index contributed by atoms with van der Waals surface area (Å²) in [5, 5.41) is 11.4. The molecule has 5 rings (SSSR count). The van der Waals surface area contributed by atoms with Crippen LogP contribution >= 0.6 is 0 Å². The molecule has 1 fully saturated rings. The summed E-state index contributed by atoms with van der Waals surface area (Å²) in [4.78, 5) is 14.8. The van der Waals surface area contributed by atoms with E-state index >= 15 is 0 Å². The maximum atomic E-state index is 13.3. The largest absolute Gasteiger partial charge is 0.457 e. The van der Waals surface area contributed by atoms with Gasteiger partial charge in [0.2, 0.25) is 0 Å². The number of nitrogens with two attached hydrogens (primary N) is 1. The average Bonchev–Trinajstić information content (AvgIpc) is 3.25. The van der Waals surface area contributed by atoms with Crippen LogP contribution in [0.4, 0.5) is 18.9 Å². The van der Waals surface area contributed by atoms with E-state index in [1.165, 1.54) is 35.0 Å². The number of fused-ring (bicyclic) bond motifs is 1. The van der Waals surface area contributed by atoms with Gasteiger partial charge in [-0.2, -0.15) is 18.3 Å². The van der Waals surface area contributed by atoms with Crippen molar-refractivity contribution >= 4 is 11.6 Å². The van der Waals surface area contributed by atoms with Gasteiger partial charge in [0.25, 0.3) is 5.91 Å². The van der Waals surface area contributed by atoms with E-state index in [1.54, 1.807) is 12.1 Å². The number of benzene rings is 2. The first-order chi connectivity index (χ1) is 16.8. The van der Waals surface area contributed by atoms with Crippen molar-refractivity contribution in [2.45, 2.75) is 18.6 Å². The van der Waals surface area contributed by atoms with Crippen LogP contribution in [0.2, 0.25) is 0 Å². The lowest BCUT2D eigenvalue weighted by molar-refractivity contribution is -0.138. The number of carbonyl (C=O) groups excluding carboxylic acids is 1. The molecular weight excluding hydrogens is 461 g/mol. The van der Waals surface area contributed by atoms with Crippen LogP contribution in [0.1, 0.15) is 34.2 Å². The third-order valence-corrected chi connectivity index (χ3v) is 6.27. The van der Waals surface area contributed by atoms with Gasteiger partial charge < -0.3 is 21.1 Å². The third kappa shape index (κ3) is 4.56. The van der Waals surface area contributed by atoms with E-state index in [-0.39, 0.29) is 23.2 Å².